The van der Waals surface area contributed by atoms with Crippen LogP contribution in [0.25, 0.3) is 77.5 Å². The summed E-state index contributed by atoms with van der Waals surface area (Å²) in [6, 6.07) is 55.9. The molecule has 0 aliphatic heterocycles. The molecule has 0 spiro atoms. The van der Waals surface area contributed by atoms with E-state index in [1.165, 1.54) is 22.3 Å². The van der Waals surface area contributed by atoms with Gasteiger partial charge in [0.1, 0.15) is 16.7 Å². The summed E-state index contributed by atoms with van der Waals surface area (Å²) < 4.78 is 13.0. The fraction of sp³-hybridized carbons (Fsp3) is 0.0625. The summed E-state index contributed by atoms with van der Waals surface area (Å²) in [4.78, 5) is 7.43. The Labute approximate surface area is 300 Å². The summed E-state index contributed by atoms with van der Waals surface area (Å²) in [5, 5.41) is 4.22. The van der Waals surface area contributed by atoms with Gasteiger partial charge in [-0.3, -0.25) is 0 Å². The fourth-order valence-corrected chi connectivity index (χ4v) is 8.54. The standard InChI is InChI=1S/C48H32N2O2/c1-48(2)39-18-10-9-16-35(39)36-25-24-34(28-40(36)48)50(32-14-7-4-8-15-32)33-22-20-29(21-23-33)31-26-38-44-42(27-31)51-41-19-11-17-37(43(41)44)46-45(38)49-47(52-46)30-12-5-3-6-13-30/h3-28H,1-2H3. The maximum absolute atomic E-state index is 6.51. The van der Waals surface area contributed by atoms with Crippen LogP contribution in [0.3, 0.4) is 0 Å². The lowest BCUT2D eigenvalue weighted by Gasteiger charge is -2.28. The van der Waals surface area contributed by atoms with Gasteiger partial charge in [-0.05, 0) is 100 Å². The number of para-hydroxylation sites is 1. The third-order valence-corrected chi connectivity index (χ3v) is 11.0. The molecule has 4 heteroatoms. The van der Waals surface area contributed by atoms with Crippen LogP contribution in [0.2, 0.25) is 0 Å². The molecule has 2 aromatic heterocycles. The SMILES string of the molecule is CC1(C)c2ccccc2-c2ccc(N(c3ccccc3)c3ccc(-c4cc5oc6cccc7c8oc(-c9ccccc9)nc8c(c4)c5c67)cc3)cc21. The molecule has 52 heavy (non-hydrogen) atoms. The molecule has 0 amide bonds. The zero-order chi connectivity index (χ0) is 34.6. The number of furan rings is 1. The van der Waals surface area contributed by atoms with Gasteiger partial charge in [0.2, 0.25) is 5.89 Å². The molecule has 0 N–H and O–H groups in total. The van der Waals surface area contributed by atoms with Gasteiger partial charge in [-0.15, -0.1) is 0 Å². The number of hydrogen-bond acceptors (Lipinski definition) is 4. The molecular formula is C48H32N2O2. The molecule has 0 saturated carbocycles. The number of hydrogen-bond donors (Lipinski definition) is 0. The Morgan fingerprint density at radius 2 is 1.17 bits per heavy atom. The van der Waals surface area contributed by atoms with Gasteiger partial charge in [-0.1, -0.05) is 105 Å². The minimum Gasteiger partial charge on any atom is -0.456 e. The van der Waals surface area contributed by atoms with Gasteiger partial charge in [-0.2, -0.15) is 0 Å². The summed E-state index contributed by atoms with van der Waals surface area (Å²) in [5.74, 6) is 0.618. The molecule has 246 valence electrons. The van der Waals surface area contributed by atoms with Crippen molar-refractivity contribution in [3.05, 3.63) is 169 Å². The van der Waals surface area contributed by atoms with E-state index >= 15 is 0 Å². The second-order valence-electron chi connectivity index (χ2n) is 14.4. The van der Waals surface area contributed by atoms with Gasteiger partial charge in [0.05, 0.1) is 0 Å². The second kappa shape index (κ2) is 10.7. The number of aromatic nitrogens is 1. The summed E-state index contributed by atoms with van der Waals surface area (Å²) in [6.45, 7) is 4.67. The lowest BCUT2D eigenvalue weighted by atomic mass is 9.82. The van der Waals surface area contributed by atoms with Crippen LogP contribution in [0.1, 0.15) is 25.0 Å². The molecular weight excluding hydrogens is 637 g/mol. The van der Waals surface area contributed by atoms with Crippen LogP contribution in [-0.2, 0) is 5.41 Å². The Bertz CT molecular complexity index is 2970. The smallest absolute Gasteiger partial charge is 0.227 e. The lowest BCUT2D eigenvalue weighted by Crippen LogP contribution is -2.16. The first-order valence-corrected chi connectivity index (χ1v) is 17.8. The second-order valence-corrected chi connectivity index (χ2v) is 14.4. The number of anilines is 3. The van der Waals surface area contributed by atoms with Gasteiger partial charge in [-0.25, -0.2) is 4.98 Å². The van der Waals surface area contributed by atoms with E-state index in [1.54, 1.807) is 0 Å². The van der Waals surface area contributed by atoms with Crippen molar-refractivity contribution in [2.75, 3.05) is 4.90 Å². The predicted molar refractivity (Wildman–Crippen MR) is 213 cm³/mol. The Kier molecular flexibility index (Phi) is 5.98. The van der Waals surface area contributed by atoms with E-state index in [4.69, 9.17) is 13.8 Å². The van der Waals surface area contributed by atoms with Crippen molar-refractivity contribution in [2.45, 2.75) is 19.3 Å². The van der Waals surface area contributed by atoms with Crippen LogP contribution in [0.5, 0.6) is 0 Å². The minimum atomic E-state index is -0.0872. The monoisotopic (exact) mass is 668 g/mol. The third kappa shape index (κ3) is 4.12. The summed E-state index contributed by atoms with van der Waals surface area (Å²) in [7, 11) is 0. The summed E-state index contributed by atoms with van der Waals surface area (Å²) >= 11 is 0. The van der Waals surface area contributed by atoms with Gasteiger partial charge in [0.25, 0.3) is 0 Å². The number of oxazole rings is 1. The van der Waals surface area contributed by atoms with E-state index < -0.39 is 0 Å². The van der Waals surface area contributed by atoms with Crippen molar-refractivity contribution in [2.24, 2.45) is 0 Å². The molecule has 0 fully saturated rings. The quantitative estimate of drug-likeness (QED) is 0.171. The first-order valence-electron chi connectivity index (χ1n) is 17.8. The van der Waals surface area contributed by atoms with Crippen LogP contribution < -0.4 is 4.90 Å². The van der Waals surface area contributed by atoms with Gasteiger partial charge in [0, 0.05) is 49.6 Å². The first-order chi connectivity index (χ1) is 25.5. The highest BCUT2D eigenvalue weighted by Crippen LogP contribution is 2.51. The fourth-order valence-electron chi connectivity index (χ4n) is 8.54. The van der Waals surface area contributed by atoms with E-state index in [0.29, 0.717) is 5.89 Å². The van der Waals surface area contributed by atoms with E-state index in [1.807, 2.05) is 42.5 Å². The van der Waals surface area contributed by atoms with Crippen LogP contribution in [0.4, 0.5) is 17.1 Å². The van der Waals surface area contributed by atoms with E-state index in [9.17, 15) is 0 Å². The maximum Gasteiger partial charge on any atom is 0.227 e. The highest BCUT2D eigenvalue weighted by Gasteiger charge is 2.35. The molecule has 1 aliphatic carbocycles. The van der Waals surface area contributed by atoms with Crippen molar-refractivity contribution < 1.29 is 8.83 Å². The zero-order valence-corrected chi connectivity index (χ0v) is 28.7. The van der Waals surface area contributed by atoms with E-state index in [0.717, 1.165) is 77.6 Å². The summed E-state index contributed by atoms with van der Waals surface area (Å²) in [5.41, 5.74) is 15.1. The summed E-state index contributed by atoms with van der Waals surface area (Å²) in [6.07, 6.45) is 0. The lowest BCUT2D eigenvalue weighted by molar-refractivity contribution is 0.623. The van der Waals surface area contributed by atoms with Crippen LogP contribution in [0, 0.1) is 0 Å². The Morgan fingerprint density at radius 1 is 0.481 bits per heavy atom. The first kappa shape index (κ1) is 29.1. The Morgan fingerprint density at radius 3 is 2.00 bits per heavy atom. The molecule has 2 heterocycles. The molecule has 8 aromatic carbocycles. The highest BCUT2D eigenvalue weighted by atomic mass is 16.3. The molecule has 4 nitrogen and oxygen atoms in total. The van der Waals surface area contributed by atoms with Crippen LogP contribution in [0.15, 0.2) is 167 Å². The van der Waals surface area contributed by atoms with Gasteiger partial charge < -0.3 is 13.7 Å². The van der Waals surface area contributed by atoms with Crippen molar-refractivity contribution >= 4 is 60.9 Å². The molecule has 0 bridgehead atoms. The Balaban J connectivity index is 1.05. The van der Waals surface area contributed by atoms with Crippen LogP contribution >= 0.6 is 0 Å². The number of benzene rings is 8. The molecule has 0 atom stereocenters. The topological polar surface area (TPSA) is 42.4 Å². The van der Waals surface area contributed by atoms with Crippen molar-refractivity contribution in [1.29, 1.82) is 0 Å². The average Bonchev–Trinajstić information content (AvgIpc) is 3.87. The Hall–Kier alpha value is -6.65. The number of fused-ring (bicyclic) bond motifs is 6. The molecule has 1 aliphatic rings. The van der Waals surface area contributed by atoms with Crippen molar-refractivity contribution in [3.8, 4) is 33.7 Å². The van der Waals surface area contributed by atoms with E-state index in [2.05, 4.69) is 134 Å². The average molecular weight is 669 g/mol. The minimum absolute atomic E-state index is 0.0872. The van der Waals surface area contributed by atoms with E-state index in [-0.39, 0.29) is 5.41 Å². The molecule has 11 rings (SSSR count). The van der Waals surface area contributed by atoms with Crippen LogP contribution in [-0.4, -0.2) is 4.98 Å². The largest absolute Gasteiger partial charge is 0.456 e. The van der Waals surface area contributed by atoms with Gasteiger partial charge >= 0.3 is 0 Å². The zero-order valence-electron chi connectivity index (χ0n) is 28.7. The van der Waals surface area contributed by atoms with Crippen molar-refractivity contribution in [1.82, 2.24) is 4.98 Å². The molecule has 10 aromatic rings. The predicted octanol–water partition coefficient (Wildman–Crippen LogP) is 13.4. The maximum atomic E-state index is 6.51. The van der Waals surface area contributed by atoms with Gasteiger partial charge in [0.15, 0.2) is 5.58 Å². The molecule has 0 unspecified atom stereocenters. The molecule has 0 radical (unpaired) electrons. The molecule has 0 saturated heterocycles. The highest BCUT2D eigenvalue weighted by molar-refractivity contribution is 6.31. The van der Waals surface area contributed by atoms with Crippen molar-refractivity contribution in [3.63, 3.8) is 0 Å². The third-order valence-electron chi connectivity index (χ3n) is 11.0. The number of nitrogens with zero attached hydrogens (tertiary/aromatic N) is 2. The normalized spacial score (nSPS) is 13.3. The number of rotatable bonds is 5.